The van der Waals surface area contributed by atoms with Crippen LogP contribution in [0.5, 0.6) is 0 Å². The van der Waals surface area contributed by atoms with Crippen molar-refractivity contribution in [1.29, 1.82) is 0 Å². The molecule has 2 aromatic rings. The molecule has 1 N–H and O–H groups in total. The topological polar surface area (TPSA) is 52.7 Å². The molecule has 1 aliphatic carbocycles. The summed E-state index contributed by atoms with van der Waals surface area (Å²) in [5.74, 6) is -0.348. The second-order valence-corrected chi connectivity index (χ2v) is 8.06. The zero-order valence-electron chi connectivity index (χ0n) is 14.8. The summed E-state index contributed by atoms with van der Waals surface area (Å²) in [5, 5.41) is 6.94. The number of anilines is 2. The van der Waals surface area contributed by atoms with Gasteiger partial charge in [-0.25, -0.2) is 10.0 Å². The van der Waals surface area contributed by atoms with Crippen molar-refractivity contribution < 1.29 is 9.59 Å². The van der Waals surface area contributed by atoms with Crippen LogP contribution in [0.3, 0.4) is 0 Å². The summed E-state index contributed by atoms with van der Waals surface area (Å²) in [7, 11) is 0. The summed E-state index contributed by atoms with van der Waals surface area (Å²) < 4.78 is 0.863. The van der Waals surface area contributed by atoms with Gasteiger partial charge in [0.15, 0.2) is 0 Å². The third kappa shape index (κ3) is 3.44. The molecule has 4 rings (SSSR count). The van der Waals surface area contributed by atoms with E-state index in [-0.39, 0.29) is 18.2 Å². The predicted molar refractivity (Wildman–Crippen MR) is 110 cm³/mol. The molecule has 2 aliphatic rings. The van der Waals surface area contributed by atoms with Crippen LogP contribution in [0.1, 0.15) is 42.1 Å². The number of amides is 2. The number of carbonyl (C=O) groups excluding carboxylic acids is 2. The number of fused-ring (bicyclic) bond motifs is 1. The van der Waals surface area contributed by atoms with Gasteiger partial charge in [-0.3, -0.25) is 9.59 Å². The van der Waals surface area contributed by atoms with Crippen LogP contribution in [0, 0.1) is 0 Å². The Morgan fingerprint density at radius 1 is 1.33 bits per heavy atom. The zero-order valence-corrected chi connectivity index (χ0v) is 17.2. The maximum Gasteiger partial charge on any atom is 0.273 e. The molecular weight excluding hydrogens is 430 g/mol. The molecule has 7 heteroatoms. The summed E-state index contributed by atoms with van der Waals surface area (Å²) in [6, 6.07) is 11.3. The quantitative estimate of drug-likeness (QED) is 0.701. The largest absolute Gasteiger partial charge is 0.381 e. The minimum atomic E-state index is -0.189. The number of rotatable bonds is 5. The summed E-state index contributed by atoms with van der Waals surface area (Å²) in [6.45, 7) is 2.12. The van der Waals surface area contributed by atoms with Crippen LogP contribution >= 0.6 is 27.5 Å². The monoisotopic (exact) mass is 447 g/mol. The molecule has 0 unspecified atom stereocenters. The lowest BCUT2D eigenvalue weighted by atomic mass is 10.1. The van der Waals surface area contributed by atoms with Crippen molar-refractivity contribution in [3.8, 4) is 0 Å². The smallest absolute Gasteiger partial charge is 0.273 e. The third-order valence-electron chi connectivity index (χ3n) is 4.80. The summed E-state index contributed by atoms with van der Waals surface area (Å²) in [4.78, 5) is 26.0. The number of nitrogens with zero attached hydrogens (tertiary/aromatic N) is 2. The van der Waals surface area contributed by atoms with Crippen molar-refractivity contribution >= 4 is 50.7 Å². The predicted octanol–water partition coefficient (Wildman–Crippen LogP) is 4.99. The minimum absolute atomic E-state index is 0.159. The fraction of sp³-hybridized carbons (Fsp3) is 0.300. The molecular formula is C20H19BrClN3O2. The van der Waals surface area contributed by atoms with Crippen LogP contribution in [-0.4, -0.2) is 22.9 Å². The molecule has 1 saturated carbocycles. The van der Waals surface area contributed by atoms with Crippen molar-refractivity contribution in [2.75, 3.05) is 10.3 Å². The normalized spacial score (nSPS) is 15.7. The molecule has 0 saturated heterocycles. The molecule has 0 spiro atoms. The van der Waals surface area contributed by atoms with Gasteiger partial charge in [-0.2, -0.15) is 0 Å². The van der Waals surface area contributed by atoms with Gasteiger partial charge in [0.2, 0.25) is 5.91 Å². The van der Waals surface area contributed by atoms with Gasteiger partial charge in [-0.15, -0.1) is 0 Å². The Hall–Kier alpha value is -2.05. The molecule has 0 atom stereocenters. The van der Waals surface area contributed by atoms with E-state index < -0.39 is 0 Å². The van der Waals surface area contributed by atoms with Gasteiger partial charge in [0, 0.05) is 33.1 Å². The average molecular weight is 449 g/mol. The second-order valence-electron chi connectivity index (χ2n) is 6.77. The lowest BCUT2D eigenvalue weighted by Crippen LogP contribution is -2.47. The molecule has 2 amide bonds. The van der Waals surface area contributed by atoms with Gasteiger partial charge in [-0.1, -0.05) is 40.5 Å². The molecule has 140 valence electrons. The Bertz CT molecular complexity index is 929. The van der Waals surface area contributed by atoms with Crippen molar-refractivity contribution in [2.24, 2.45) is 0 Å². The molecule has 5 nitrogen and oxygen atoms in total. The number of benzene rings is 2. The fourth-order valence-electron chi connectivity index (χ4n) is 3.24. The average Bonchev–Trinajstić information content (AvgIpc) is 3.41. The zero-order chi connectivity index (χ0) is 19.1. The van der Waals surface area contributed by atoms with E-state index in [1.54, 1.807) is 25.1 Å². The molecule has 0 aromatic heterocycles. The first-order chi connectivity index (χ1) is 13.0. The van der Waals surface area contributed by atoms with E-state index in [1.165, 1.54) is 10.0 Å². The van der Waals surface area contributed by atoms with Gasteiger partial charge in [0.25, 0.3) is 5.91 Å². The highest BCUT2D eigenvalue weighted by Crippen LogP contribution is 2.38. The Morgan fingerprint density at radius 2 is 2.11 bits per heavy atom. The van der Waals surface area contributed by atoms with Crippen LogP contribution in [0.2, 0.25) is 5.02 Å². The van der Waals surface area contributed by atoms with Crippen molar-refractivity contribution in [3.63, 3.8) is 0 Å². The Labute approximate surface area is 171 Å². The van der Waals surface area contributed by atoms with Crippen molar-refractivity contribution in [1.82, 2.24) is 5.01 Å². The van der Waals surface area contributed by atoms with Gasteiger partial charge in [0.05, 0.1) is 17.9 Å². The summed E-state index contributed by atoms with van der Waals surface area (Å²) in [6.07, 6.45) is 2.48. The number of nitrogens with one attached hydrogen (secondary N) is 1. The lowest BCUT2D eigenvalue weighted by molar-refractivity contribution is -0.120. The van der Waals surface area contributed by atoms with Crippen molar-refractivity contribution in [3.05, 3.63) is 57.0 Å². The van der Waals surface area contributed by atoms with E-state index in [4.69, 9.17) is 11.6 Å². The highest BCUT2D eigenvalue weighted by atomic mass is 79.9. The van der Waals surface area contributed by atoms with Crippen LogP contribution in [0.4, 0.5) is 11.4 Å². The van der Waals surface area contributed by atoms with E-state index in [0.29, 0.717) is 28.9 Å². The summed E-state index contributed by atoms with van der Waals surface area (Å²) in [5.41, 5.74) is 2.91. The number of halogens is 2. The molecule has 0 bridgehead atoms. The van der Waals surface area contributed by atoms with E-state index in [9.17, 15) is 9.59 Å². The maximum absolute atomic E-state index is 13.1. The molecule has 2 aromatic carbocycles. The van der Waals surface area contributed by atoms with Gasteiger partial charge < -0.3 is 5.32 Å². The van der Waals surface area contributed by atoms with Crippen LogP contribution in [0.15, 0.2) is 40.9 Å². The first-order valence-corrected chi connectivity index (χ1v) is 10.1. The maximum atomic E-state index is 13.1. The number of hydrazine groups is 1. The second kappa shape index (κ2) is 7.17. The SMILES string of the molecule is CCC(=O)N(c1cc(Cl)ccc1NC1CC1)N1Cc2c(Br)cccc2C1=O. The molecule has 1 aliphatic heterocycles. The van der Waals surface area contributed by atoms with E-state index >= 15 is 0 Å². The highest BCUT2D eigenvalue weighted by Gasteiger charge is 2.37. The minimum Gasteiger partial charge on any atom is -0.381 e. The van der Waals surface area contributed by atoms with E-state index in [2.05, 4.69) is 21.2 Å². The fourth-order valence-corrected chi connectivity index (χ4v) is 3.90. The Balaban J connectivity index is 1.78. The highest BCUT2D eigenvalue weighted by molar-refractivity contribution is 9.10. The number of hydrogen-bond acceptors (Lipinski definition) is 3. The van der Waals surface area contributed by atoms with Gasteiger partial charge in [0.1, 0.15) is 0 Å². The first kappa shape index (κ1) is 18.3. The van der Waals surface area contributed by atoms with E-state index in [0.717, 1.165) is 28.6 Å². The Morgan fingerprint density at radius 3 is 2.78 bits per heavy atom. The van der Waals surface area contributed by atoms with Crippen LogP contribution in [0.25, 0.3) is 0 Å². The third-order valence-corrected chi connectivity index (χ3v) is 5.77. The molecule has 0 radical (unpaired) electrons. The van der Waals surface area contributed by atoms with Crippen molar-refractivity contribution in [2.45, 2.75) is 38.8 Å². The molecule has 27 heavy (non-hydrogen) atoms. The lowest BCUT2D eigenvalue weighted by Gasteiger charge is -2.33. The van der Waals surface area contributed by atoms with Crippen LogP contribution in [-0.2, 0) is 11.3 Å². The van der Waals surface area contributed by atoms with E-state index in [1.807, 2.05) is 18.2 Å². The molecule has 1 heterocycles. The number of carbonyl (C=O) groups is 2. The Kier molecular flexibility index (Phi) is 4.86. The van der Waals surface area contributed by atoms with Gasteiger partial charge >= 0.3 is 0 Å². The number of hydrogen-bond donors (Lipinski definition) is 1. The van der Waals surface area contributed by atoms with Crippen LogP contribution < -0.4 is 10.3 Å². The standard InChI is InChI=1S/C20H19BrClN3O2/c1-2-19(26)25(18-10-12(22)6-9-17(18)23-13-7-8-13)24-11-15-14(20(24)27)4-3-5-16(15)21/h3-6,9-10,13,23H,2,7-8,11H2,1H3. The summed E-state index contributed by atoms with van der Waals surface area (Å²) >= 11 is 9.75. The molecule has 1 fully saturated rings. The van der Waals surface area contributed by atoms with Gasteiger partial charge in [-0.05, 0) is 43.2 Å². The first-order valence-electron chi connectivity index (χ1n) is 8.97.